The minimum atomic E-state index is -0.764. The molecule has 0 aliphatic rings. The van der Waals surface area contributed by atoms with Crippen molar-refractivity contribution in [1.82, 2.24) is 0 Å². The maximum atomic E-state index is 12.8. The van der Waals surface area contributed by atoms with Gasteiger partial charge in [0, 0.05) is 19.3 Å². The average molecular weight is 948 g/mol. The third kappa shape index (κ3) is 53.6. The van der Waals surface area contributed by atoms with Crippen LogP contribution in [0.4, 0.5) is 0 Å². The lowest BCUT2D eigenvalue weighted by Gasteiger charge is -2.18. The number of carbonyl (C=O) groups excluding carboxylic acids is 3. The van der Waals surface area contributed by atoms with Crippen LogP contribution in [-0.4, -0.2) is 37.2 Å². The number of ether oxygens (including phenoxy) is 3. The molecule has 0 rings (SSSR count). The summed E-state index contributed by atoms with van der Waals surface area (Å²) in [5.41, 5.74) is 0. The molecule has 0 N–H and O–H groups in total. The Morgan fingerprint density at radius 1 is 0.299 bits per heavy atom. The van der Waals surface area contributed by atoms with Crippen LogP contribution in [0.1, 0.15) is 337 Å². The van der Waals surface area contributed by atoms with Crippen molar-refractivity contribution >= 4 is 17.9 Å². The summed E-state index contributed by atoms with van der Waals surface area (Å²) in [5, 5.41) is 0. The molecule has 2 atom stereocenters. The van der Waals surface area contributed by atoms with Gasteiger partial charge in [-0.15, -0.1) is 0 Å². The first kappa shape index (κ1) is 65.4. The Labute approximate surface area is 418 Å². The smallest absolute Gasteiger partial charge is 0.306 e. The number of unbranched alkanes of at least 4 members (excludes halogenated alkanes) is 36. The second kappa shape index (κ2) is 52.2. The van der Waals surface area contributed by atoms with E-state index in [1.807, 2.05) is 0 Å². The zero-order valence-electron chi connectivity index (χ0n) is 46.2. The highest BCUT2D eigenvalue weighted by Crippen LogP contribution is 2.19. The highest BCUT2D eigenvalue weighted by Gasteiger charge is 2.19. The lowest BCUT2D eigenvalue weighted by atomic mass is 9.99. The molecule has 0 radical (unpaired) electrons. The summed E-state index contributed by atoms with van der Waals surface area (Å²) in [6.07, 6.45) is 55.5. The highest BCUT2D eigenvalue weighted by atomic mass is 16.6. The largest absolute Gasteiger partial charge is 0.462 e. The van der Waals surface area contributed by atoms with E-state index in [4.69, 9.17) is 14.2 Å². The second-order valence-corrected chi connectivity index (χ2v) is 22.2. The van der Waals surface area contributed by atoms with Gasteiger partial charge in [-0.2, -0.15) is 0 Å². The zero-order valence-corrected chi connectivity index (χ0v) is 46.2. The van der Waals surface area contributed by atoms with Gasteiger partial charge in [0.1, 0.15) is 13.2 Å². The molecule has 0 saturated heterocycles. The summed E-state index contributed by atoms with van der Waals surface area (Å²) in [4.78, 5) is 38.1. The van der Waals surface area contributed by atoms with Gasteiger partial charge in [-0.3, -0.25) is 14.4 Å². The molecule has 0 saturated carbocycles. The Morgan fingerprint density at radius 3 is 0.776 bits per heavy atom. The molecular formula is C61H118O6. The fourth-order valence-electron chi connectivity index (χ4n) is 9.32. The Hall–Kier alpha value is -1.59. The van der Waals surface area contributed by atoms with Crippen LogP contribution < -0.4 is 0 Å². The Balaban J connectivity index is 4.15. The third-order valence-electron chi connectivity index (χ3n) is 14.3. The fraction of sp³-hybridized carbons (Fsp3) is 0.951. The lowest BCUT2D eigenvalue weighted by molar-refractivity contribution is -0.167. The highest BCUT2D eigenvalue weighted by molar-refractivity contribution is 5.71. The average Bonchev–Trinajstić information content (AvgIpc) is 3.30. The van der Waals surface area contributed by atoms with Crippen molar-refractivity contribution in [2.45, 2.75) is 343 Å². The Morgan fingerprint density at radius 2 is 0.522 bits per heavy atom. The first-order valence-corrected chi connectivity index (χ1v) is 30.1. The molecule has 0 amide bonds. The van der Waals surface area contributed by atoms with Crippen molar-refractivity contribution in [1.29, 1.82) is 0 Å². The predicted octanol–water partition coefficient (Wildman–Crippen LogP) is 19.9. The van der Waals surface area contributed by atoms with Crippen molar-refractivity contribution in [2.24, 2.45) is 17.8 Å². The van der Waals surface area contributed by atoms with Crippen molar-refractivity contribution in [2.75, 3.05) is 13.2 Å². The summed E-state index contributed by atoms with van der Waals surface area (Å²) in [6.45, 7) is 13.8. The van der Waals surface area contributed by atoms with Crippen molar-refractivity contribution in [3.63, 3.8) is 0 Å². The van der Waals surface area contributed by atoms with E-state index < -0.39 is 6.10 Å². The Bertz CT molecular complexity index is 1040. The molecule has 0 aliphatic carbocycles. The number of esters is 3. The van der Waals surface area contributed by atoms with E-state index in [1.165, 1.54) is 218 Å². The summed E-state index contributed by atoms with van der Waals surface area (Å²) in [6, 6.07) is 0. The molecule has 0 spiro atoms. The number of carbonyl (C=O) groups is 3. The van der Waals surface area contributed by atoms with E-state index in [2.05, 4.69) is 41.5 Å². The van der Waals surface area contributed by atoms with Gasteiger partial charge >= 0.3 is 17.9 Å². The molecule has 6 nitrogen and oxygen atoms in total. The number of hydrogen-bond donors (Lipinski definition) is 0. The van der Waals surface area contributed by atoms with Crippen LogP contribution in [0.3, 0.4) is 0 Å². The SMILES string of the molecule is CCC(C)CCCCCCCCCCCCCCCCCCCCC(=O)OC[C@H](COC(=O)CCCCCCCCCCCCCCCCCC(C)C)OC(=O)CCCCCCCCC(C)C. The first-order chi connectivity index (χ1) is 32.6. The molecule has 398 valence electrons. The van der Waals surface area contributed by atoms with Crippen LogP contribution in [0.5, 0.6) is 0 Å². The van der Waals surface area contributed by atoms with Crippen LogP contribution in [0.25, 0.3) is 0 Å². The van der Waals surface area contributed by atoms with E-state index in [-0.39, 0.29) is 31.1 Å². The topological polar surface area (TPSA) is 78.9 Å². The third-order valence-corrected chi connectivity index (χ3v) is 14.3. The van der Waals surface area contributed by atoms with E-state index in [0.717, 1.165) is 75.5 Å². The molecule has 0 aromatic heterocycles. The van der Waals surface area contributed by atoms with Crippen LogP contribution >= 0.6 is 0 Å². The first-order valence-electron chi connectivity index (χ1n) is 30.1. The standard InChI is InChI=1S/C61H118O6/c1-7-57(6)49-43-37-30-26-22-18-14-10-8-9-11-15-19-23-27-31-38-44-50-59(62)65-53-58(67-61(64)52-46-40-34-33-36-42-48-56(4)5)54-66-60(63)51-45-39-32-28-24-20-16-12-13-17-21-25-29-35-41-47-55(2)3/h55-58H,7-54H2,1-6H3/t57?,58-/m1/s1. The lowest BCUT2D eigenvalue weighted by Crippen LogP contribution is -2.30. The molecule has 0 bridgehead atoms. The monoisotopic (exact) mass is 947 g/mol. The van der Waals surface area contributed by atoms with Crippen molar-refractivity contribution in [3.05, 3.63) is 0 Å². The van der Waals surface area contributed by atoms with Gasteiger partial charge in [0.2, 0.25) is 0 Å². The maximum Gasteiger partial charge on any atom is 0.306 e. The summed E-state index contributed by atoms with van der Waals surface area (Å²) < 4.78 is 16.9. The molecule has 6 heteroatoms. The van der Waals surface area contributed by atoms with Crippen molar-refractivity contribution in [3.8, 4) is 0 Å². The molecule has 0 fully saturated rings. The van der Waals surface area contributed by atoms with Crippen LogP contribution in [-0.2, 0) is 28.6 Å². The molecule has 0 aromatic rings. The van der Waals surface area contributed by atoms with Gasteiger partial charge in [0.05, 0.1) is 0 Å². The predicted molar refractivity (Wildman–Crippen MR) is 289 cm³/mol. The number of hydrogen-bond acceptors (Lipinski definition) is 6. The van der Waals surface area contributed by atoms with Gasteiger partial charge in [-0.1, -0.05) is 298 Å². The van der Waals surface area contributed by atoms with E-state index in [9.17, 15) is 14.4 Å². The minimum Gasteiger partial charge on any atom is -0.462 e. The van der Waals surface area contributed by atoms with Gasteiger partial charge in [-0.25, -0.2) is 0 Å². The normalized spacial score (nSPS) is 12.5. The molecule has 1 unspecified atom stereocenters. The molecule has 0 heterocycles. The van der Waals surface area contributed by atoms with Gasteiger partial charge in [0.25, 0.3) is 0 Å². The van der Waals surface area contributed by atoms with Crippen molar-refractivity contribution < 1.29 is 28.6 Å². The fourth-order valence-corrected chi connectivity index (χ4v) is 9.32. The molecular weight excluding hydrogens is 829 g/mol. The van der Waals surface area contributed by atoms with E-state index in [0.29, 0.717) is 19.3 Å². The zero-order chi connectivity index (χ0) is 49.1. The quantitative estimate of drug-likeness (QED) is 0.0343. The minimum absolute atomic E-state index is 0.0645. The van der Waals surface area contributed by atoms with E-state index in [1.54, 1.807) is 0 Å². The Kier molecular flexibility index (Phi) is 51.0. The summed E-state index contributed by atoms with van der Waals surface area (Å²) >= 11 is 0. The molecule has 67 heavy (non-hydrogen) atoms. The van der Waals surface area contributed by atoms with Gasteiger partial charge in [0.15, 0.2) is 6.10 Å². The second-order valence-electron chi connectivity index (χ2n) is 22.2. The van der Waals surface area contributed by atoms with E-state index >= 15 is 0 Å². The van der Waals surface area contributed by atoms with Crippen LogP contribution in [0, 0.1) is 17.8 Å². The van der Waals surface area contributed by atoms with Gasteiger partial charge < -0.3 is 14.2 Å². The van der Waals surface area contributed by atoms with Crippen LogP contribution in [0.15, 0.2) is 0 Å². The van der Waals surface area contributed by atoms with Crippen LogP contribution in [0.2, 0.25) is 0 Å². The van der Waals surface area contributed by atoms with Gasteiger partial charge in [-0.05, 0) is 37.0 Å². The summed E-state index contributed by atoms with van der Waals surface area (Å²) in [5.74, 6) is 1.67. The number of rotatable bonds is 54. The molecule has 0 aliphatic heterocycles. The summed E-state index contributed by atoms with van der Waals surface area (Å²) in [7, 11) is 0. The maximum absolute atomic E-state index is 12.8. The molecule has 0 aromatic carbocycles.